The van der Waals surface area contributed by atoms with Gasteiger partial charge >= 0.3 is 0 Å². The van der Waals surface area contributed by atoms with Crippen LogP contribution in [0.25, 0.3) is 0 Å². The summed E-state index contributed by atoms with van der Waals surface area (Å²) >= 11 is 0. The van der Waals surface area contributed by atoms with Crippen LogP contribution in [-0.4, -0.2) is 28.4 Å². The molecule has 0 spiro atoms. The minimum atomic E-state index is -0.201. The third-order valence-electron chi connectivity index (χ3n) is 28.3. The second-order valence-electron chi connectivity index (χ2n) is 32.9. The summed E-state index contributed by atoms with van der Waals surface area (Å²) in [4.78, 5) is 0. The van der Waals surface area contributed by atoms with E-state index in [1.807, 2.05) is 30.3 Å². The maximum atomic E-state index is 7.75. The van der Waals surface area contributed by atoms with Crippen LogP contribution in [0, 0.1) is 249 Å². The molecule has 0 saturated heterocycles. The smallest absolute Gasteiger partial charge is 0.133 e. The van der Waals surface area contributed by atoms with Crippen LogP contribution in [-0.2, 0) is 0 Å². The van der Waals surface area contributed by atoms with Crippen LogP contribution in [0.3, 0.4) is 0 Å². The number of ether oxygens (including phenoxy) is 7. The normalized spacial score (nSPS) is 11.7. The Morgan fingerprint density at radius 1 is 0.145 bits per heavy atom. The summed E-state index contributed by atoms with van der Waals surface area (Å²) in [6.07, 6.45) is 0. The molecule has 582 valence electrons. The van der Waals surface area contributed by atoms with E-state index >= 15 is 0 Å². The van der Waals surface area contributed by atoms with Gasteiger partial charge < -0.3 is 33.2 Å². The van der Waals surface area contributed by atoms with E-state index in [1.54, 1.807) is 28.4 Å². The van der Waals surface area contributed by atoms with Gasteiger partial charge in [-0.05, 0) is 512 Å². The maximum Gasteiger partial charge on any atom is 0.133 e. The van der Waals surface area contributed by atoms with E-state index in [-0.39, 0.29) is 17.8 Å². The number of hydrogen-bond acceptors (Lipinski definition) is 7. The van der Waals surface area contributed by atoms with Crippen LogP contribution >= 0.6 is 0 Å². The Kier molecular flexibility index (Phi) is 23.6. The minimum Gasteiger partial charge on any atom is -0.496 e. The molecule has 0 aliphatic rings. The molecule has 0 bridgehead atoms. The van der Waals surface area contributed by atoms with Gasteiger partial charge in [-0.1, -0.05) is 18.2 Å². The predicted molar refractivity (Wildman–Crippen MR) is 464 cm³/mol. The molecular weight excluding hydrogens is 1350 g/mol. The SMILES string of the molecule is COc1c(C)c(C)c(C(c2c(C)c(C)c(OC)c(C)c2C)c2c(C)c(C)c(Oc3c(C)c(C)c(C(c4c(C)c(C)c(Oc5ccccc5)c(C)c4C)c4c(C)c(C)c(Oc5c(C)c(C)c(C(c6c(C)c(C)c(OC)c(C)c6C)c6c(C)c(C)c(OC)c(C)c6C)c(C)c5C)c(C)c4C)c(C)c3C)c(C)c2C)c(C)c1C. The molecule has 10 aromatic carbocycles. The highest BCUT2D eigenvalue weighted by atomic mass is 16.5. The molecular formula is C103H128O7. The largest absolute Gasteiger partial charge is 0.496 e. The van der Waals surface area contributed by atoms with Crippen molar-refractivity contribution in [2.24, 2.45) is 0 Å². The van der Waals surface area contributed by atoms with Crippen molar-refractivity contribution in [2.45, 2.75) is 267 Å². The number of methoxy groups -OCH3 is 4. The second-order valence-corrected chi connectivity index (χ2v) is 32.9. The van der Waals surface area contributed by atoms with E-state index in [4.69, 9.17) is 33.2 Å². The predicted octanol–water partition coefficient (Wildman–Crippen LogP) is 27.7. The first-order valence-corrected chi connectivity index (χ1v) is 39.7. The van der Waals surface area contributed by atoms with E-state index in [0.717, 1.165) is 113 Å². The van der Waals surface area contributed by atoms with Crippen LogP contribution in [0.1, 0.15) is 268 Å². The Morgan fingerprint density at radius 2 is 0.264 bits per heavy atom. The summed E-state index contributed by atoms with van der Waals surface area (Å²) in [5.74, 6) is 8.80. The summed E-state index contributed by atoms with van der Waals surface area (Å²) in [6.45, 7) is 82.2. The molecule has 0 atom stereocenters. The Labute approximate surface area is 662 Å². The summed E-state index contributed by atoms with van der Waals surface area (Å²) in [6, 6.07) is 10.2. The molecule has 0 saturated carbocycles. The van der Waals surface area contributed by atoms with Gasteiger partial charge in [0.15, 0.2) is 0 Å². The Hall–Kier alpha value is -9.20. The lowest BCUT2D eigenvalue weighted by molar-refractivity contribution is 0.407. The van der Waals surface area contributed by atoms with Crippen molar-refractivity contribution in [2.75, 3.05) is 28.4 Å². The van der Waals surface area contributed by atoms with Crippen molar-refractivity contribution in [1.82, 2.24) is 0 Å². The second kappa shape index (κ2) is 31.2. The van der Waals surface area contributed by atoms with Crippen molar-refractivity contribution in [3.63, 3.8) is 0 Å². The molecule has 0 aliphatic carbocycles. The lowest BCUT2D eigenvalue weighted by atomic mass is 9.71. The van der Waals surface area contributed by atoms with E-state index < -0.39 is 0 Å². The first kappa shape index (κ1) is 83.3. The van der Waals surface area contributed by atoms with E-state index in [1.165, 1.54) is 195 Å². The molecule has 10 rings (SSSR count). The topological polar surface area (TPSA) is 64.6 Å². The van der Waals surface area contributed by atoms with E-state index in [9.17, 15) is 0 Å². The molecule has 0 amide bonds. The molecule has 0 aromatic heterocycles. The average Bonchev–Trinajstić information content (AvgIpc) is 0.729. The van der Waals surface area contributed by atoms with Gasteiger partial charge in [0, 0.05) is 17.8 Å². The number of benzene rings is 10. The molecule has 7 heteroatoms. The average molecular weight is 1480 g/mol. The summed E-state index contributed by atoms with van der Waals surface area (Å²) in [7, 11) is 7.20. The number of hydrogen-bond donors (Lipinski definition) is 0. The van der Waals surface area contributed by atoms with Gasteiger partial charge in [0.25, 0.3) is 0 Å². The van der Waals surface area contributed by atoms with Crippen LogP contribution in [0.2, 0.25) is 0 Å². The van der Waals surface area contributed by atoms with E-state index in [2.05, 4.69) is 249 Å². The first-order valence-electron chi connectivity index (χ1n) is 39.7. The highest BCUT2D eigenvalue weighted by Crippen LogP contribution is 2.56. The number of rotatable bonds is 19. The Morgan fingerprint density at radius 3 is 0.391 bits per heavy atom. The molecule has 7 nitrogen and oxygen atoms in total. The molecule has 0 N–H and O–H groups in total. The zero-order chi connectivity index (χ0) is 82.0. The van der Waals surface area contributed by atoms with Crippen LogP contribution in [0.5, 0.6) is 57.5 Å². The molecule has 0 unspecified atom stereocenters. The summed E-state index contributed by atoms with van der Waals surface area (Å²) < 4.78 is 47.1. The fourth-order valence-electron chi connectivity index (χ4n) is 19.8. The van der Waals surface area contributed by atoms with Crippen molar-refractivity contribution in [3.8, 4) is 57.5 Å². The third-order valence-corrected chi connectivity index (χ3v) is 28.3. The van der Waals surface area contributed by atoms with Crippen LogP contribution in [0.15, 0.2) is 30.3 Å². The first-order chi connectivity index (χ1) is 51.5. The fourth-order valence-corrected chi connectivity index (χ4v) is 19.8. The summed E-state index contributed by atoms with van der Waals surface area (Å²) in [5.41, 5.74) is 54.7. The van der Waals surface area contributed by atoms with Gasteiger partial charge in [0.05, 0.1) is 28.4 Å². The van der Waals surface area contributed by atoms with Gasteiger partial charge in [-0.25, -0.2) is 0 Å². The van der Waals surface area contributed by atoms with E-state index in [0.29, 0.717) is 0 Å². The van der Waals surface area contributed by atoms with Gasteiger partial charge in [-0.2, -0.15) is 0 Å². The highest BCUT2D eigenvalue weighted by Gasteiger charge is 2.39. The number of para-hydroxylation sites is 1. The third kappa shape index (κ3) is 12.9. The molecule has 10 aromatic rings. The zero-order valence-electron chi connectivity index (χ0n) is 75.0. The Balaban J connectivity index is 1.19. The highest BCUT2D eigenvalue weighted by molar-refractivity contribution is 5.74. The van der Waals surface area contributed by atoms with Crippen LogP contribution in [0.4, 0.5) is 0 Å². The molecule has 0 radical (unpaired) electrons. The van der Waals surface area contributed by atoms with Gasteiger partial charge in [-0.15, -0.1) is 0 Å². The molecule has 0 aliphatic heterocycles. The van der Waals surface area contributed by atoms with Crippen molar-refractivity contribution < 1.29 is 33.2 Å². The molecule has 0 heterocycles. The lowest BCUT2D eigenvalue weighted by Gasteiger charge is -2.35. The lowest BCUT2D eigenvalue weighted by Crippen LogP contribution is -2.19. The van der Waals surface area contributed by atoms with Crippen LogP contribution < -0.4 is 33.2 Å². The van der Waals surface area contributed by atoms with Crippen molar-refractivity contribution in [3.05, 3.63) is 281 Å². The van der Waals surface area contributed by atoms with Gasteiger partial charge in [0.2, 0.25) is 0 Å². The zero-order valence-corrected chi connectivity index (χ0v) is 75.0. The van der Waals surface area contributed by atoms with Crippen molar-refractivity contribution in [1.29, 1.82) is 0 Å². The van der Waals surface area contributed by atoms with Gasteiger partial charge in [-0.3, -0.25) is 0 Å². The monoisotopic (exact) mass is 1480 g/mol. The van der Waals surface area contributed by atoms with Gasteiger partial charge in [0.1, 0.15) is 57.5 Å². The maximum absolute atomic E-state index is 7.75. The van der Waals surface area contributed by atoms with Crippen molar-refractivity contribution >= 4 is 0 Å². The molecule has 0 fully saturated rings. The summed E-state index contributed by atoms with van der Waals surface area (Å²) in [5, 5.41) is 0. The Bertz CT molecular complexity index is 4800. The standard InChI is InChI=1S/C103H128O7/c1-46-64(19)95(104-37)65(20)47(2)83(46)92(84-48(3)66(21)96(105-38)67(22)49(84)4)88-56(11)74(29)100(75(30)57(88)12)109-102-78(33)60(15)90(61(16)79(102)34)94(87-54(9)72(27)99(73(28)55(87)10)108-82-44-42-41-43-45-82)91-62(17)80(35)103(81(36)63(91)18)110-101-76(31)58(13)89(59(14)77(101)32)93(85-50(5)68(23)97(106-39)69(24)51(85)6)86-52(7)70(25)98(107-40)71(26)53(86)8/h41-45,92-94H,1-40H3. The minimum absolute atomic E-state index is 0.0929. The quantitative estimate of drug-likeness (QED) is 0.0748. The molecule has 110 heavy (non-hydrogen) atoms. The fraction of sp³-hybridized carbons (Fsp3) is 0.417.